The molecule has 0 fully saturated rings. The lowest BCUT2D eigenvalue weighted by Gasteiger charge is -2.21. The first-order valence-electron chi connectivity index (χ1n) is 10.8. The summed E-state index contributed by atoms with van der Waals surface area (Å²) in [5, 5.41) is 16.4. The van der Waals surface area contributed by atoms with Crippen LogP contribution in [-0.2, 0) is 23.5 Å². The van der Waals surface area contributed by atoms with Crippen LogP contribution in [0.5, 0.6) is 0 Å². The molecule has 0 radical (unpaired) electrons. The average Bonchev–Trinajstić information content (AvgIpc) is 3.09. The van der Waals surface area contributed by atoms with Crippen LogP contribution < -0.4 is 15.8 Å². The van der Waals surface area contributed by atoms with Crippen LogP contribution >= 0.6 is 23.2 Å². The summed E-state index contributed by atoms with van der Waals surface area (Å²) in [7, 11) is -2.15. The number of fused-ring (bicyclic) bond motifs is 1. The number of amides is 1. The number of sulfonamides is 1. The Bertz CT molecular complexity index is 1680. The van der Waals surface area contributed by atoms with Gasteiger partial charge in [-0.15, -0.1) is 0 Å². The van der Waals surface area contributed by atoms with Crippen molar-refractivity contribution < 1.29 is 27.1 Å². The molecule has 2 aromatic carbocycles. The monoisotopic (exact) mass is 584 g/mol. The van der Waals surface area contributed by atoms with Crippen LogP contribution in [-0.4, -0.2) is 40.6 Å². The maximum absolute atomic E-state index is 13.9. The third-order valence-corrected chi connectivity index (χ3v) is 6.71. The predicted octanol–water partition coefficient (Wildman–Crippen LogP) is 4.73. The van der Waals surface area contributed by atoms with Gasteiger partial charge >= 0.3 is 6.09 Å². The van der Waals surface area contributed by atoms with Crippen LogP contribution in [0.15, 0.2) is 36.4 Å². The van der Waals surface area contributed by atoms with Crippen molar-refractivity contribution in [1.82, 2.24) is 20.1 Å². The minimum Gasteiger partial charge on any atom is -0.465 e. The smallest absolute Gasteiger partial charge is 0.405 e. The fraction of sp³-hybridized carbons (Fsp3) is 0.174. The number of hydrogen-bond acceptors (Lipinski definition) is 6. The summed E-state index contributed by atoms with van der Waals surface area (Å²) in [5.41, 5.74) is 7.46. The molecule has 38 heavy (non-hydrogen) atoms. The second-order valence-electron chi connectivity index (χ2n) is 8.45. The van der Waals surface area contributed by atoms with Gasteiger partial charge < -0.3 is 16.2 Å². The van der Waals surface area contributed by atoms with Crippen LogP contribution in [0.4, 0.5) is 25.1 Å². The van der Waals surface area contributed by atoms with Crippen molar-refractivity contribution in [3.8, 4) is 11.1 Å². The molecule has 0 spiro atoms. The fourth-order valence-electron chi connectivity index (χ4n) is 4.17. The van der Waals surface area contributed by atoms with E-state index in [-0.39, 0.29) is 44.7 Å². The van der Waals surface area contributed by atoms with Gasteiger partial charge in [-0.05, 0) is 36.2 Å². The molecule has 1 unspecified atom stereocenters. The second-order valence-corrected chi connectivity index (χ2v) is 11.0. The number of nitrogen functional groups attached to an aromatic ring is 1. The molecule has 2 aromatic heterocycles. The van der Waals surface area contributed by atoms with Crippen molar-refractivity contribution in [3.05, 3.63) is 69.5 Å². The molecule has 5 N–H and O–H groups in total. The predicted molar refractivity (Wildman–Crippen MR) is 141 cm³/mol. The third kappa shape index (κ3) is 5.74. The van der Waals surface area contributed by atoms with Crippen molar-refractivity contribution in [1.29, 1.82) is 0 Å². The van der Waals surface area contributed by atoms with Gasteiger partial charge in [0.15, 0.2) is 11.0 Å². The lowest BCUT2D eigenvalue weighted by Crippen LogP contribution is -2.29. The van der Waals surface area contributed by atoms with E-state index in [1.807, 2.05) is 0 Å². The molecule has 1 atom stereocenters. The molecule has 4 rings (SSSR count). The molecule has 200 valence electrons. The number of nitrogens with zero attached hydrogens (tertiary/aromatic N) is 3. The summed E-state index contributed by atoms with van der Waals surface area (Å²) < 4.78 is 55.3. The maximum Gasteiger partial charge on any atom is 0.405 e. The SMILES string of the molecule is Cn1nc(NS(C)(=O)=O)c2c(Cl)ccc(-c3cc(N)c(Cl)nc3C(Cc3cc(F)cc(F)c3)NC(=O)O)c21. The Morgan fingerprint density at radius 2 is 1.82 bits per heavy atom. The summed E-state index contributed by atoms with van der Waals surface area (Å²) in [6.07, 6.45) is -0.650. The van der Waals surface area contributed by atoms with E-state index < -0.39 is 33.8 Å². The topological polar surface area (TPSA) is 152 Å². The molecule has 15 heteroatoms. The number of pyridine rings is 1. The van der Waals surface area contributed by atoms with Crippen molar-refractivity contribution in [2.75, 3.05) is 16.7 Å². The molecule has 0 aliphatic carbocycles. The molecule has 10 nitrogen and oxygen atoms in total. The number of nitrogens with two attached hydrogens (primary N) is 1. The molecular formula is C23H20Cl2F2N6O4S. The van der Waals surface area contributed by atoms with Gasteiger partial charge in [0.1, 0.15) is 11.6 Å². The number of nitrogens with one attached hydrogen (secondary N) is 2. The Labute approximate surface area is 225 Å². The first-order chi connectivity index (χ1) is 17.7. The van der Waals surface area contributed by atoms with Crippen LogP contribution in [0.3, 0.4) is 0 Å². The van der Waals surface area contributed by atoms with Gasteiger partial charge in [-0.1, -0.05) is 29.3 Å². The molecule has 0 saturated carbocycles. The highest BCUT2D eigenvalue weighted by Gasteiger charge is 2.26. The van der Waals surface area contributed by atoms with Gasteiger partial charge in [-0.2, -0.15) is 5.10 Å². The van der Waals surface area contributed by atoms with E-state index >= 15 is 0 Å². The van der Waals surface area contributed by atoms with E-state index in [0.717, 1.165) is 18.4 Å². The first-order valence-corrected chi connectivity index (χ1v) is 13.4. The molecular weight excluding hydrogens is 565 g/mol. The number of aryl methyl sites for hydroxylation is 1. The lowest BCUT2D eigenvalue weighted by atomic mass is 9.94. The van der Waals surface area contributed by atoms with Gasteiger partial charge in [-0.3, -0.25) is 9.40 Å². The van der Waals surface area contributed by atoms with Crippen LogP contribution in [0.25, 0.3) is 22.0 Å². The molecule has 1 amide bonds. The highest BCUT2D eigenvalue weighted by Crippen LogP contribution is 2.41. The van der Waals surface area contributed by atoms with Crippen molar-refractivity contribution in [3.63, 3.8) is 0 Å². The Morgan fingerprint density at radius 3 is 2.42 bits per heavy atom. The Balaban J connectivity index is 1.98. The summed E-state index contributed by atoms with van der Waals surface area (Å²) in [6.45, 7) is 0. The van der Waals surface area contributed by atoms with Crippen molar-refractivity contribution >= 4 is 61.7 Å². The Kier molecular flexibility index (Phi) is 7.37. The number of anilines is 2. The molecule has 0 saturated heterocycles. The quantitative estimate of drug-likeness (QED) is 0.229. The van der Waals surface area contributed by atoms with Crippen LogP contribution in [0.2, 0.25) is 10.2 Å². The zero-order chi connectivity index (χ0) is 27.9. The van der Waals surface area contributed by atoms with E-state index in [4.69, 9.17) is 28.9 Å². The largest absolute Gasteiger partial charge is 0.465 e. The summed E-state index contributed by atoms with van der Waals surface area (Å²) in [6, 6.07) is 6.28. The van der Waals surface area contributed by atoms with Gasteiger partial charge in [0, 0.05) is 24.2 Å². The number of hydrogen-bond donors (Lipinski definition) is 4. The average molecular weight is 585 g/mol. The Morgan fingerprint density at radius 1 is 1.16 bits per heavy atom. The van der Waals surface area contributed by atoms with E-state index in [2.05, 4.69) is 20.1 Å². The second kappa shape index (κ2) is 10.2. The van der Waals surface area contributed by atoms with Crippen molar-refractivity contribution in [2.24, 2.45) is 7.05 Å². The normalized spacial score (nSPS) is 12.5. The van der Waals surface area contributed by atoms with Gasteiger partial charge in [0.2, 0.25) is 10.0 Å². The molecule has 0 bridgehead atoms. The van der Waals surface area contributed by atoms with Gasteiger partial charge in [0.05, 0.1) is 39.6 Å². The first kappa shape index (κ1) is 27.4. The highest BCUT2D eigenvalue weighted by atomic mass is 35.5. The van der Waals surface area contributed by atoms with Crippen LogP contribution in [0, 0.1) is 11.6 Å². The minimum atomic E-state index is -3.71. The minimum absolute atomic E-state index is 0.0243. The number of halogens is 4. The Hall–Kier alpha value is -3.68. The fourth-order valence-corrected chi connectivity index (χ4v) is 5.05. The number of carbonyl (C=O) groups is 1. The van der Waals surface area contributed by atoms with E-state index in [9.17, 15) is 27.1 Å². The van der Waals surface area contributed by atoms with E-state index in [1.54, 1.807) is 13.1 Å². The maximum atomic E-state index is 13.9. The zero-order valence-corrected chi connectivity index (χ0v) is 22.1. The number of carboxylic acid groups (broad SMARTS) is 1. The molecule has 4 aromatic rings. The molecule has 0 aliphatic heterocycles. The highest BCUT2D eigenvalue weighted by molar-refractivity contribution is 7.92. The zero-order valence-electron chi connectivity index (χ0n) is 19.8. The standard InChI is InChI=1S/C23H20Cl2F2N6O4S/c1-33-20-13(3-4-15(24)18(20)22(31-33)32-38(2,36)37)14-9-16(28)21(25)30-19(14)17(29-23(34)35)7-10-5-11(26)8-12(27)6-10/h3-6,8-9,17,29H,7,28H2,1-2H3,(H,31,32)(H,34,35). The number of aromatic nitrogens is 3. The van der Waals surface area contributed by atoms with E-state index in [1.165, 1.54) is 16.8 Å². The lowest BCUT2D eigenvalue weighted by molar-refractivity contribution is 0.189. The molecule has 2 heterocycles. The van der Waals surface area contributed by atoms with Crippen LogP contribution in [0.1, 0.15) is 17.3 Å². The summed E-state index contributed by atoms with van der Waals surface area (Å²) in [4.78, 5) is 16.0. The van der Waals surface area contributed by atoms with E-state index in [0.29, 0.717) is 22.7 Å². The number of rotatable bonds is 7. The summed E-state index contributed by atoms with van der Waals surface area (Å²) >= 11 is 12.6. The summed E-state index contributed by atoms with van der Waals surface area (Å²) in [5.74, 6) is -1.70. The van der Waals surface area contributed by atoms with Crippen molar-refractivity contribution in [2.45, 2.75) is 12.5 Å². The number of benzene rings is 2. The third-order valence-electron chi connectivity index (χ3n) is 5.53. The molecule has 0 aliphatic rings. The van der Waals surface area contributed by atoms with Gasteiger partial charge in [-0.25, -0.2) is 27.0 Å². The van der Waals surface area contributed by atoms with Gasteiger partial charge in [0.25, 0.3) is 0 Å².